The number of aliphatic carboxylic acids is 1. The van der Waals surface area contributed by atoms with Gasteiger partial charge in [0.1, 0.15) is 5.56 Å². The van der Waals surface area contributed by atoms with Crippen molar-refractivity contribution < 1.29 is 33.0 Å². The summed E-state index contributed by atoms with van der Waals surface area (Å²) in [7, 11) is 0. The minimum atomic E-state index is -5.08. The monoisotopic (exact) mass is 425 g/mol. The van der Waals surface area contributed by atoms with Crippen LogP contribution in [-0.2, 0) is 11.3 Å². The molecule has 1 fully saturated rings. The van der Waals surface area contributed by atoms with E-state index < -0.39 is 18.1 Å². The lowest BCUT2D eigenvalue weighted by molar-refractivity contribution is -0.192. The number of alkyl halides is 3. The number of pyridine rings is 1. The maximum absolute atomic E-state index is 11.2. The van der Waals surface area contributed by atoms with Crippen molar-refractivity contribution in [1.29, 1.82) is 0 Å². The molecule has 1 aliphatic heterocycles. The zero-order valence-corrected chi connectivity index (χ0v) is 15.5. The lowest BCUT2D eigenvalue weighted by Crippen LogP contribution is -2.21. The van der Waals surface area contributed by atoms with Gasteiger partial charge >= 0.3 is 18.1 Å². The third kappa shape index (κ3) is 4.76. The first-order chi connectivity index (χ1) is 14.2. The Kier molecular flexibility index (Phi) is 6.06. The lowest BCUT2D eigenvalue weighted by Gasteiger charge is -2.16. The summed E-state index contributed by atoms with van der Waals surface area (Å²) in [5.74, 6) is -3.49. The van der Waals surface area contributed by atoms with Crippen LogP contribution in [0.25, 0.3) is 5.52 Å². The van der Waals surface area contributed by atoms with Crippen LogP contribution in [0.4, 0.5) is 13.2 Å². The average molecular weight is 425 g/mol. The van der Waals surface area contributed by atoms with Gasteiger partial charge in [0.25, 0.3) is 0 Å². The van der Waals surface area contributed by atoms with E-state index in [0.29, 0.717) is 0 Å². The van der Waals surface area contributed by atoms with E-state index in [4.69, 9.17) is 9.90 Å². The third-order valence-corrected chi connectivity index (χ3v) is 4.74. The van der Waals surface area contributed by atoms with Gasteiger partial charge in [-0.15, -0.1) is 0 Å². The Balaban J connectivity index is 0.000000318. The number of hydrogen-bond donors (Lipinski definition) is 3. The number of fused-ring (bicyclic) bond motifs is 1. The quantitative estimate of drug-likeness (QED) is 0.586. The number of aromatic nitrogens is 4. The SMILES string of the molecule is O=C(O)C(F)(F)F.O=C(O)c1cn[nH]c1C1CCN(Cc2cccn3nccc23)C1. The molecule has 1 saturated heterocycles. The number of hydrogen-bond acceptors (Lipinski definition) is 5. The lowest BCUT2D eigenvalue weighted by atomic mass is 10.0. The van der Waals surface area contributed by atoms with Gasteiger partial charge in [0.2, 0.25) is 0 Å². The molecule has 3 N–H and O–H groups in total. The summed E-state index contributed by atoms with van der Waals surface area (Å²) in [6, 6.07) is 6.13. The molecule has 9 nitrogen and oxygen atoms in total. The van der Waals surface area contributed by atoms with E-state index >= 15 is 0 Å². The Hall–Kier alpha value is -3.41. The van der Waals surface area contributed by atoms with Crippen LogP contribution in [-0.4, -0.2) is 66.1 Å². The van der Waals surface area contributed by atoms with Crippen molar-refractivity contribution in [2.75, 3.05) is 13.1 Å². The molecule has 12 heteroatoms. The molecule has 0 amide bonds. The normalized spacial score (nSPS) is 17.0. The van der Waals surface area contributed by atoms with E-state index in [1.807, 2.05) is 22.8 Å². The Morgan fingerprint density at radius 2 is 2.00 bits per heavy atom. The second-order valence-corrected chi connectivity index (χ2v) is 6.72. The van der Waals surface area contributed by atoms with Gasteiger partial charge in [-0.25, -0.2) is 14.1 Å². The Labute approximate surface area is 167 Å². The molecular weight excluding hydrogens is 407 g/mol. The maximum Gasteiger partial charge on any atom is 0.490 e. The van der Waals surface area contributed by atoms with Crippen LogP contribution >= 0.6 is 0 Å². The van der Waals surface area contributed by atoms with Gasteiger partial charge in [0.05, 0.1) is 17.4 Å². The molecule has 0 radical (unpaired) electrons. The molecule has 0 bridgehead atoms. The van der Waals surface area contributed by atoms with Gasteiger partial charge in [0, 0.05) is 31.4 Å². The first-order valence-corrected chi connectivity index (χ1v) is 8.87. The highest BCUT2D eigenvalue weighted by Gasteiger charge is 2.38. The molecule has 160 valence electrons. The number of aromatic amines is 1. The van der Waals surface area contributed by atoms with Gasteiger partial charge in [-0.1, -0.05) is 6.07 Å². The van der Waals surface area contributed by atoms with Crippen molar-refractivity contribution in [3.63, 3.8) is 0 Å². The number of carboxylic acids is 2. The number of likely N-dealkylation sites (tertiary alicyclic amines) is 1. The molecule has 4 rings (SSSR count). The van der Waals surface area contributed by atoms with Crippen molar-refractivity contribution >= 4 is 17.5 Å². The number of H-pyrrole nitrogens is 1. The number of nitrogens with one attached hydrogen (secondary N) is 1. The number of halogens is 3. The van der Waals surface area contributed by atoms with Crippen LogP contribution < -0.4 is 0 Å². The summed E-state index contributed by atoms with van der Waals surface area (Å²) < 4.78 is 33.6. The van der Waals surface area contributed by atoms with Crippen LogP contribution in [0.5, 0.6) is 0 Å². The standard InChI is InChI=1S/C16H17N5O2.C2HF3O2/c22-16(23)13-8-17-19-15(13)12-4-7-20(10-12)9-11-2-1-6-21-14(11)3-5-18-21;3-2(4,5)1(6)7/h1-3,5-6,8,12H,4,7,9-10H2,(H,17,19)(H,22,23);(H,6,7). The molecule has 30 heavy (non-hydrogen) atoms. The van der Waals surface area contributed by atoms with Crippen molar-refractivity contribution in [3.8, 4) is 0 Å². The smallest absolute Gasteiger partial charge is 0.478 e. The molecule has 0 aliphatic carbocycles. The van der Waals surface area contributed by atoms with Gasteiger partial charge < -0.3 is 10.2 Å². The van der Waals surface area contributed by atoms with Gasteiger partial charge in [-0.3, -0.25) is 10.00 Å². The van der Waals surface area contributed by atoms with E-state index in [9.17, 15) is 23.1 Å². The predicted molar refractivity (Wildman–Crippen MR) is 97.1 cm³/mol. The van der Waals surface area contributed by atoms with Gasteiger partial charge in [-0.05, 0) is 30.7 Å². The van der Waals surface area contributed by atoms with Gasteiger partial charge in [0.15, 0.2) is 0 Å². The van der Waals surface area contributed by atoms with Crippen LogP contribution in [0.3, 0.4) is 0 Å². The highest BCUT2D eigenvalue weighted by atomic mass is 19.4. The van der Waals surface area contributed by atoms with Crippen LogP contribution in [0.15, 0.2) is 36.8 Å². The first kappa shape index (κ1) is 21.3. The maximum atomic E-state index is 11.2. The van der Waals surface area contributed by atoms with Crippen LogP contribution in [0.2, 0.25) is 0 Å². The Bertz CT molecular complexity index is 1050. The van der Waals surface area contributed by atoms with E-state index in [1.165, 1.54) is 11.8 Å². The van der Waals surface area contributed by atoms with Crippen molar-refractivity contribution in [1.82, 2.24) is 24.7 Å². The molecule has 1 aliphatic rings. The first-order valence-electron chi connectivity index (χ1n) is 8.87. The molecule has 0 spiro atoms. The molecule has 0 aromatic carbocycles. The summed E-state index contributed by atoms with van der Waals surface area (Å²) in [5.41, 5.74) is 3.37. The van der Waals surface area contributed by atoms with Gasteiger partial charge in [-0.2, -0.15) is 23.4 Å². The predicted octanol–water partition coefficient (Wildman–Crippen LogP) is 2.38. The fourth-order valence-electron chi connectivity index (χ4n) is 3.38. The molecule has 4 heterocycles. The average Bonchev–Trinajstić information content (AvgIpc) is 3.41. The molecule has 3 aromatic rings. The third-order valence-electron chi connectivity index (χ3n) is 4.74. The number of carbonyl (C=O) groups is 2. The van der Waals surface area contributed by atoms with Crippen LogP contribution in [0.1, 0.15) is 34.0 Å². The zero-order chi connectivity index (χ0) is 21.9. The van der Waals surface area contributed by atoms with E-state index in [-0.39, 0.29) is 11.5 Å². The van der Waals surface area contributed by atoms with Crippen molar-refractivity contribution in [2.45, 2.75) is 25.1 Å². The summed E-state index contributed by atoms with van der Waals surface area (Å²) in [5, 5.41) is 27.4. The summed E-state index contributed by atoms with van der Waals surface area (Å²) in [4.78, 5) is 22.5. The Morgan fingerprint density at radius 1 is 1.27 bits per heavy atom. The number of carboxylic acid groups (broad SMARTS) is 2. The van der Waals surface area contributed by atoms with E-state index in [2.05, 4.69) is 26.3 Å². The fraction of sp³-hybridized carbons (Fsp3) is 0.333. The molecule has 0 saturated carbocycles. The second-order valence-electron chi connectivity index (χ2n) is 6.72. The van der Waals surface area contributed by atoms with E-state index in [0.717, 1.165) is 37.3 Å². The topological polar surface area (TPSA) is 124 Å². The zero-order valence-electron chi connectivity index (χ0n) is 15.5. The summed E-state index contributed by atoms with van der Waals surface area (Å²) in [6.07, 6.45) is 0.989. The second kappa shape index (κ2) is 8.53. The van der Waals surface area contributed by atoms with E-state index in [1.54, 1.807) is 6.20 Å². The highest BCUT2D eigenvalue weighted by Crippen LogP contribution is 2.29. The summed E-state index contributed by atoms with van der Waals surface area (Å²) in [6.45, 7) is 2.61. The molecule has 1 unspecified atom stereocenters. The highest BCUT2D eigenvalue weighted by molar-refractivity contribution is 5.88. The fourth-order valence-corrected chi connectivity index (χ4v) is 3.38. The minimum Gasteiger partial charge on any atom is -0.478 e. The van der Waals surface area contributed by atoms with Crippen molar-refractivity contribution in [2.24, 2.45) is 0 Å². The minimum absolute atomic E-state index is 0.188. The molecular formula is C18H18F3N5O4. The number of rotatable bonds is 4. The molecule has 1 atom stereocenters. The largest absolute Gasteiger partial charge is 0.490 e. The number of nitrogens with zero attached hydrogens (tertiary/aromatic N) is 4. The molecule has 3 aromatic heterocycles. The van der Waals surface area contributed by atoms with Crippen LogP contribution in [0, 0.1) is 0 Å². The van der Waals surface area contributed by atoms with Crippen molar-refractivity contribution in [3.05, 3.63) is 53.6 Å². The number of aromatic carboxylic acids is 1. The summed E-state index contributed by atoms with van der Waals surface area (Å²) >= 11 is 0. The Morgan fingerprint density at radius 3 is 2.67 bits per heavy atom.